The maximum absolute atomic E-state index is 12.1. The number of nitrogens with one attached hydrogen (secondary N) is 3. The number of nitrogens with zero attached hydrogens (tertiary/aromatic N) is 2. The number of benzene rings is 1. The summed E-state index contributed by atoms with van der Waals surface area (Å²) in [6.07, 6.45) is 4.73. The van der Waals surface area contributed by atoms with Crippen LogP contribution >= 0.6 is 11.6 Å². The number of hydrogen-bond donors (Lipinski definition) is 3. The smallest absolute Gasteiger partial charge is 0.315 e. The Kier molecular flexibility index (Phi) is 5.78. The summed E-state index contributed by atoms with van der Waals surface area (Å²) in [5.74, 6) is -0.259. The molecule has 1 aliphatic carbocycles. The summed E-state index contributed by atoms with van der Waals surface area (Å²) in [6.45, 7) is 0.648. The molecule has 0 saturated carbocycles. The van der Waals surface area contributed by atoms with Gasteiger partial charge < -0.3 is 16.0 Å². The molecule has 7 nitrogen and oxygen atoms in total. The van der Waals surface area contributed by atoms with Crippen LogP contribution in [0, 0.1) is 0 Å². The summed E-state index contributed by atoms with van der Waals surface area (Å²) in [5.41, 5.74) is 2.68. The van der Waals surface area contributed by atoms with Crippen molar-refractivity contribution in [2.45, 2.75) is 25.3 Å². The van der Waals surface area contributed by atoms with Crippen LogP contribution in [0.4, 0.5) is 4.79 Å². The topological polar surface area (TPSA) is 88.1 Å². The van der Waals surface area contributed by atoms with Crippen molar-refractivity contribution in [3.05, 3.63) is 52.3 Å². The van der Waals surface area contributed by atoms with Crippen molar-refractivity contribution in [2.75, 3.05) is 13.1 Å². The number of carbonyl (C=O) groups is 2. The van der Waals surface area contributed by atoms with Gasteiger partial charge in [-0.15, -0.1) is 0 Å². The quantitative estimate of drug-likeness (QED) is 0.700. The number of amides is 3. The zero-order valence-corrected chi connectivity index (χ0v) is 15.3. The monoisotopic (exact) mass is 375 g/mol. The molecule has 3 amide bonds. The molecule has 0 saturated heterocycles. The van der Waals surface area contributed by atoms with Crippen molar-refractivity contribution in [2.24, 2.45) is 7.05 Å². The molecule has 1 heterocycles. The Hall–Kier alpha value is -2.54. The van der Waals surface area contributed by atoms with Crippen LogP contribution in [-0.2, 0) is 13.5 Å². The molecule has 0 spiro atoms. The van der Waals surface area contributed by atoms with Gasteiger partial charge in [-0.2, -0.15) is 5.10 Å². The van der Waals surface area contributed by atoms with E-state index < -0.39 is 0 Å². The standard InChI is InChI=1S/C18H22ClN5O2/c1-24-16-8-4-7-15(13(16)11-22-24)23-18(26)21-10-9-20-17(25)12-5-2-3-6-14(12)19/h2-3,5-6,11,15H,4,7-10H2,1H3,(H,20,25)(H2,21,23,26). The summed E-state index contributed by atoms with van der Waals surface area (Å²) in [6, 6.07) is 6.57. The summed E-state index contributed by atoms with van der Waals surface area (Å²) in [4.78, 5) is 24.1. The van der Waals surface area contributed by atoms with E-state index in [0.717, 1.165) is 24.8 Å². The van der Waals surface area contributed by atoms with E-state index in [1.54, 1.807) is 24.3 Å². The maximum Gasteiger partial charge on any atom is 0.315 e. The fraction of sp³-hybridized carbons (Fsp3) is 0.389. The van der Waals surface area contributed by atoms with Crippen molar-refractivity contribution >= 4 is 23.5 Å². The highest BCUT2D eigenvalue weighted by Crippen LogP contribution is 2.28. The SMILES string of the molecule is Cn1ncc2c1CCCC2NC(=O)NCCNC(=O)c1ccccc1Cl. The van der Waals surface area contributed by atoms with E-state index >= 15 is 0 Å². The van der Waals surface area contributed by atoms with Gasteiger partial charge in [0.15, 0.2) is 0 Å². The minimum atomic E-state index is -0.259. The first-order valence-electron chi connectivity index (χ1n) is 8.64. The first-order chi connectivity index (χ1) is 12.6. The van der Waals surface area contributed by atoms with Gasteiger partial charge in [-0.05, 0) is 31.4 Å². The Labute approximate surface area is 157 Å². The lowest BCUT2D eigenvalue weighted by Crippen LogP contribution is -2.42. The van der Waals surface area contributed by atoms with E-state index in [2.05, 4.69) is 21.0 Å². The van der Waals surface area contributed by atoms with Crippen LogP contribution in [0.1, 0.15) is 40.5 Å². The van der Waals surface area contributed by atoms with Crippen molar-refractivity contribution < 1.29 is 9.59 Å². The fourth-order valence-corrected chi connectivity index (χ4v) is 3.38. The molecule has 3 N–H and O–H groups in total. The van der Waals surface area contributed by atoms with E-state index in [-0.39, 0.29) is 18.0 Å². The average molecular weight is 376 g/mol. The molecule has 8 heteroatoms. The van der Waals surface area contributed by atoms with Crippen LogP contribution in [0.15, 0.2) is 30.5 Å². The Morgan fingerprint density at radius 1 is 1.27 bits per heavy atom. The van der Waals surface area contributed by atoms with Crippen LogP contribution in [0.2, 0.25) is 5.02 Å². The molecule has 2 aromatic rings. The molecule has 0 bridgehead atoms. The lowest BCUT2D eigenvalue weighted by molar-refractivity contribution is 0.0954. The van der Waals surface area contributed by atoms with E-state index in [4.69, 9.17) is 11.6 Å². The van der Waals surface area contributed by atoms with Gasteiger partial charge in [-0.25, -0.2) is 4.79 Å². The molecule has 1 atom stereocenters. The minimum Gasteiger partial charge on any atom is -0.350 e. The molecule has 1 aromatic carbocycles. The number of hydrogen-bond acceptors (Lipinski definition) is 3. The third-order valence-electron chi connectivity index (χ3n) is 4.50. The first kappa shape index (κ1) is 18.3. The number of urea groups is 1. The minimum absolute atomic E-state index is 0.0230. The van der Waals surface area contributed by atoms with Crippen LogP contribution in [0.3, 0.4) is 0 Å². The Morgan fingerprint density at radius 3 is 2.85 bits per heavy atom. The largest absolute Gasteiger partial charge is 0.350 e. The van der Waals surface area contributed by atoms with E-state index in [9.17, 15) is 9.59 Å². The van der Waals surface area contributed by atoms with Crippen LogP contribution in [0.25, 0.3) is 0 Å². The second-order valence-corrected chi connectivity index (χ2v) is 6.66. The summed E-state index contributed by atoms with van der Waals surface area (Å²) >= 11 is 5.99. The summed E-state index contributed by atoms with van der Waals surface area (Å²) in [5, 5.41) is 13.2. The molecule has 1 unspecified atom stereocenters. The number of aryl methyl sites for hydroxylation is 1. The van der Waals surface area contributed by atoms with Crippen molar-refractivity contribution in [3.8, 4) is 0 Å². The number of fused-ring (bicyclic) bond motifs is 1. The molecule has 1 aliphatic rings. The van der Waals surface area contributed by atoms with Gasteiger partial charge in [0.25, 0.3) is 5.91 Å². The molecular weight excluding hydrogens is 354 g/mol. The van der Waals surface area contributed by atoms with Gasteiger partial charge in [-0.3, -0.25) is 9.48 Å². The van der Waals surface area contributed by atoms with Crippen molar-refractivity contribution in [3.63, 3.8) is 0 Å². The van der Waals surface area contributed by atoms with Crippen molar-refractivity contribution in [1.29, 1.82) is 0 Å². The fourth-order valence-electron chi connectivity index (χ4n) is 3.16. The summed E-state index contributed by atoms with van der Waals surface area (Å²) in [7, 11) is 1.92. The lowest BCUT2D eigenvalue weighted by atomic mass is 9.93. The molecule has 0 fully saturated rings. The molecular formula is C18H22ClN5O2. The highest BCUT2D eigenvalue weighted by atomic mass is 35.5. The second-order valence-electron chi connectivity index (χ2n) is 6.25. The van der Waals surface area contributed by atoms with Gasteiger partial charge >= 0.3 is 6.03 Å². The highest BCUT2D eigenvalue weighted by molar-refractivity contribution is 6.33. The number of halogens is 1. The average Bonchev–Trinajstić information content (AvgIpc) is 3.01. The third kappa shape index (κ3) is 4.16. The Balaban J connectivity index is 1.43. The molecule has 1 aromatic heterocycles. The molecule has 0 radical (unpaired) electrons. The highest BCUT2D eigenvalue weighted by Gasteiger charge is 2.24. The predicted octanol–water partition coefficient (Wildman–Crippen LogP) is 2.18. The van der Waals surface area contributed by atoms with Crippen molar-refractivity contribution in [1.82, 2.24) is 25.7 Å². The maximum atomic E-state index is 12.1. The van der Waals surface area contributed by atoms with Gasteiger partial charge in [-0.1, -0.05) is 23.7 Å². The number of aromatic nitrogens is 2. The lowest BCUT2D eigenvalue weighted by Gasteiger charge is -2.24. The summed E-state index contributed by atoms with van der Waals surface area (Å²) < 4.78 is 1.87. The normalized spacial score (nSPS) is 15.8. The zero-order chi connectivity index (χ0) is 18.5. The predicted molar refractivity (Wildman–Crippen MR) is 99.2 cm³/mol. The van der Waals surface area contributed by atoms with Crippen LogP contribution < -0.4 is 16.0 Å². The van der Waals surface area contributed by atoms with Gasteiger partial charge in [0.1, 0.15) is 0 Å². The van der Waals surface area contributed by atoms with Gasteiger partial charge in [0, 0.05) is 31.4 Å². The van der Waals surface area contributed by atoms with Gasteiger partial charge in [0.05, 0.1) is 22.8 Å². The van der Waals surface area contributed by atoms with E-state index in [1.807, 2.05) is 17.9 Å². The molecule has 0 aliphatic heterocycles. The van der Waals surface area contributed by atoms with E-state index in [0.29, 0.717) is 23.7 Å². The molecule has 3 rings (SSSR count). The molecule has 26 heavy (non-hydrogen) atoms. The van der Waals surface area contributed by atoms with Gasteiger partial charge in [0.2, 0.25) is 0 Å². The first-order valence-corrected chi connectivity index (χ1v) is 9.02. The Morgan fingerprint density at radius 2 is 2.04 bits per heavy atom. The molecule has 138 valence electrons. The number of rotatable bonds is 5. The van der Waals surface area contributed by atoms with Crippen LogP contribution in [-0.4, -0.2) is 34.8 Å². The third-order valence-corrected chi connectivity index (χ3v) is 4.83. The second kappa shape index (κ2) is 8.23. The zero-order valence-electron chi connectivity index (χ0n) is 14.6. The Bertz CT molecular complexity index is 805. The number of carbonyl (C=O) groups excluding carboxylic acids is 2. The van der Waals surface area contributed by atoms with E-state index in [1.165, 1.54) is 5.69 Å². The van der Waals surface area contributed by atoms with Crippen LogP contribution in [0.5, 0.6) is 0 Å².